The zero-order valence-electron chi connectivity index (χ0n) is 24.1. The summed E-state index contributed by atoms with van der Waals surface area (Å²) in [7, 11) is 0. The third kappa shape index (κ3) is 9.68. The summed E-state index contributed by atoms with van der Waals surface area (Å²) < 4.78 is 11.5. The van der Waals surface area contributed by atoms with Gasteiger partial charge < -0.3 is 19.7 Å². The van der Waals surface area contributed by atoms with Crippen molar-refractivity contribution in [2.45, 2.75) is 65.5 Å². The predicted octanol–water partition coefficient (Wildman–Crippen LogP) is 7.28. The molecule has 8 heteroatoms. The van der Waals surface area contributed by atoms with E-state index < -0.39 is 6.04 Å². The highest BCUT2D eigenvalue weighted by molar-refractivity contribution is 6.36. The van der Waals surface area contributed by atoms with Crippen molar-refractivity contribution in [1.29, 1.82) is 0 Å². The van der Waals surface area contributed by atoms with Crippen LogP contribution in [0.5, 0.6) is 11.5 Å². The van der Waals surface area contributed by atoms with E-state index >= 15 is 0 Å². The number of aryl methyl sites for hydroxylation is 1. The molecule has 1 N–H and O–H groups in total. The summed E-state index contributed by atoms with van der Waals surface area (Å²) in [5.41, 5.74) is 2.51. The number of rotatable bonds is 16. The lowest BCUT2D eigenvalue weighted by Gasteiger charge is -2.32. The summed E-state index contributed by atoms with van der Waals surface area (Å²) in [4.78, 5) is 29.2. The topological polar surface area (TPSA) is 67.9 Å². The van der Waals surface area contributed by atoms with E-state index in [1.54, 1.807) is 23.1 Å². The van der Waals surface area contributed by atoms with Crippen LogP contribution in [0.25, 0.3) is 0 Å². The molecule has 0 aliphatic carbocycles. The molecule has 0 fully saturated rings. The van der Waals surface area contributed by atoms with Gasteiger partial charge in [-0.15, -0.1) is 0 Å². The fraction of sp³-hybridized carbons (Fsp3) is 0.394. The molecule has 0 aliphatic rings. The normalized spacial score (nSPS) is 11.5. The molecule has 0 unspecified atom stereocenters. The summed E-state index contributed by atoms with van der Waals surface area (Å²) in [6, 6.07) is 20.0. The van der Waals surface area contributed by atoms with E-state index in [-0.39, 0.29) is 24.8 Å². The van der Waals surface area contributed by atoms with Gasteiger partial charge in [-0.05, 0) is 62.1 Å². The number of nitrogens with zero attached hydrogens (tertiary/aromatic N) is 1. The lowest BCUT2D eigenvalue weighted by molar-refractivity contribution is -0.141. The van der Waals surface area contributed by atoms with E-state index in [0.717, 1.165) is 24.0 Å². The average molecular weight is 600 g/mol. The highest BCUT2D eigenvalue weighted by Gasteiger charge is 2.31. The Morgan fingerprint density at radius 1 is 0.854 bits per heavy atom. The molecule has 3 rings (SSSR count). The van der Waals surface area contributed by atoms with E-state index in [0.29, 0.717) is 59.7 Å². The first-order chi connectivity index (χ1) is 19.9. The number of ether oxygens (including phenoxy) is 2. The number of carbonyl (C=O) groups excluding carboxylic acids is 2. The fourth-order valence-corrected chi connectivity index (χ4v) is 5.08. The zero-order chi connectivity index (χ0) is 29.6. The molecule has 3 aromatic carbocycles. The molecular weight excluding hydrogens is 559 g/mol. The first-order valence-corrected chi connectivity index (χ1v) is 15.1. The van der Waals surface area contributed by atoms with E-state index in [4.69, 9.17) is 32.7 Å². The molecule has 0 bridgehead atoms. The van der Waals surface area contributed by atoms with E-state index in [1.807, 2.05) is 62.4 Å². The van der Waals surface area contributed by atoms with Crippen LogP contribution in [0.15, 0.2) is 66.7 Å². The Morgan fingerprint density at radius 2 is 1.54 bits per heavy atom. The van der Waals surface area contributed by atoms with Crippen LogP contribution in [0.2, 0.25) is 10.0 Å². The van der Waals surface area contributed by atoms with Crippen molar-refractivity contribution in [2.24, 2.45) is 0 Å². The van der Waals surface area contributed by atoms with Crippen LogP contribution >= 0.6 is 23.2 Å². The summed E-state index contributed by atoms with van der Waals surface area (Å²) in [6.07, 6.45) is 2.83. The minimum atomic E-state index is -0.742. The molecule has 41 heavy (non-hydrogen) atoms. The van der Waals surface area contributed by atoms with Crippen molar-refractivity contribution in [1.82, 2.24) is 10.2 Å². The molecule has 3 aromatic rings. The predicted molar refractivity (Wildman–Crippen MR) is 166 cm³/mol. The van der Waals surface area contributed by atoms with Crippen molar-refractivity contribution in [3.05, 3.63) is 93.5 Å². The van der Waals surface area contributed by atoms with Crippen molar-refractivity contribution in [2.75, 3.05) is 19.8 Å². The minimum Gasteiger partial charge on any atom is -0.490 e. The quantitative estimate of drug-likeness (QED) is 0.176. The number of carbonyl (C=O) groups is 2. The number of hydrogen-bond acceptors (Lipinski definition) is 4. The molecule has 0 aromatic heterocycles. The number of unbranched alkanes of at least 4 members (excludes halogenated alkanes) is 1. The van der Waals surface area contributed by atoms with Crippen molar-refractivity contribution < 1.29 is 19.1 Å². The zero-order valence-corrected chi connectivity index (χ0v) is 25.6. The Morgan fingerprint density at radius 3 is 2.20 bits per heavy atom. The van der Waals surface area contributed by atoms with Gasteiger partial charge in [0.2, 0.25) is 11.8 Å². The van der Waals surface area contributed by atoms with Gasteiger partial charge in [-0.1, -0.05) is 79.0 Å². The molecule has 1 atom stereocenters. The lowest BCUT2D eigenvalue weighted by Crippen LogP contribution is -2.50. The van der Waals surface area contributed by atoms with E-state index in [1.165, 1.54) is 0 Å². The third-order valence-electron chi connectivity index (χ3n) is 6.73. The van der Waals surface area contributed by atoms with Gasteiger partial charge in [0.25, 0.3) is 0 Å². The number of hydrogen-bond donors (Lipinski definition) is 1. The first-order valence-electron chi connectivity index (χ1n) is 14.3. The lowest BCUT2D eigenvalue weighted by atomic mass is 10.0. The number of amides is 2. The summed E-state index contributed by atoms with van der Waals surface area (Å²) in [5.74, 6) is 0.959. The van der Waals surface area contributed by atoms with Gasteiger partial charge in [0.05, 0.1) is 13.2 Å². The second kappa shape index (κ2) is 16.9. The summed E-state index contributed by atoms with van der Waals surface area (Å²) in [6.45, 7) is 7.60. The van der Waals surface area contributed by atoms with Crippen molar-refractivity contribution >= 4 is 35.0 Å². The molecule has 220 valence electrons. The summed E-state index contributed by atoms with van der Waals surface area (Å²) in [5, 5.41) is 3.94. The molecule has 0 heterocycles. The van der Waals surface area contributed by atoms with Crippen LogP contribution in [0, 0.1) is 0 Å². The van der Waals surface area contributed by atoms with Crippen molar-refractivity contribution in [3.63, 3.8) is 0 Å². The van der Waals surface area contributed by atoms with Gasteiger partial charge in [0.15, 0.2) is 11.5 Å². The van der Waals surface area contributed by atoms with Gasteiger partial charge in [-0.2, -0.15) is 0 Å². The fourth-order valence-electron chi connectivity index (χ4n) is 4.56. The van der Waals surface area contributed by atoms with E-state index in [9.17, 15) is 9.59 Å². The monoisotopic (exact) mass is 598 g/mol. The van der Waals surface area contributed by atoms with Crippen molar-refractivity contribution in [3.8, 4) is 11.5 Å². The highest BCUT2D eigenvalue weighted by Crippen LogP contribution is 2.30. The summed E-state index contributed by atoms with van der Waals surface area (Å²) >= 11 is 13.1. The molecule has 2 amide bonds. The smallest absolute Gasteiger partial charge is 0.243 e. The number of benzene rings is 3. The molecule has 0 saturated heterocycles. The highest BCUT2D eigenvalue weighted by atomic mass is 35.5. The van der Waals surface area contributed by atoms with Gasteiger partial charge in [0.1, 0.15) is 6.04 Å². The second-order valence-electron chi connectivity index (χ2n) is 9.72. The maximum Gasteiger partial charge on any atom is 0.243 e. The third-order valence-corrected chi connectivity index (χ3v) is 7.43. The Balaban J connectivity index is 1.93. The minimum absolute atomic E-state index is 0.115. The van der Waals surface area contributed by atoms with Crippen LogP contribution < -0.4 is 14.8 Å². The van der Waals surface area contributed by atoms with Gasteiger partial charge in [-0.3, -0.25) is 9.59 Å². The van der Waals surface area contributed by atoms with Gasteiger partial charge in [-0.25, -0.2) is 0 Å². The van der Waals surface area contributed by atoms with Crippen LogP contribution in [0.4, 0.5) is 0 Å². The molecular formula is C33H40Cl2N2O4. The SMILES string of the molecule is CCCCNC(=O)[C@@H](Cc1ccccc1)N(Cc1c(Cl)cccc1Cl)C(=O)CCc1ccc(OCC)c(OCC)c1. The maximum atomic E-state index is 14.0. The molecule has 0 spiro atoms. The Hall–Kier alpha value is -3.22. The Labute approximate surface area is 253 Å². The first kappa shape index (κ1) is 32.3. The van der Waals surface area contributed by atoms with Crippen LogP contribution in [0.3, 0.4) is 0 Å². The molecule has 0 saturated carbocycles. The van der Waals surface area contributed by atoms with E-state index in [2.05, 4.69) is 12.2 Å². The largest absolute Gasteiger partial charge is 0.490 e. The molecule has 6 nitrogen and oxygen atoms in total. The second-order valence-corrected chi connectivity index (χ2v) is 10.5. The average Bonchev–Trinajstić information content (AvgIpc) is 2.97. The van der Waals surface area contributed by atoms with Gasteiger partial charge in [0, 0.05) is 41.5 Å². The van der Waals surface area contributed by atoms with Crippen LogP contribution in [0.1, 0.15) is 56.7 Å². The molecule has 0 aliphatic heterocycles. The van der Waals surface area contributed by atoms with Crippen LogP contribution in [-0.4, -0.2) is 42.5 Å². The number of halogens is 2. The maximum absolute atomic E-state index is 14.0. The van der Waals surface area contributed by atoms with Crippen LogP contribution in [-0.2, 0) is 29.0 Å². The Kier molecular flexibility index (Phi) is 13.3. The molecule has 0 radical (unpaired) electrons. The van der Waals surface area contributed by atoms with Gasteiger partial charge >= 0.3 is 0 Å². The Bertz CT molecular complexity index is 1250. The number of nitrogens with one attached hydrogen (secondary N) is 1. The standard InChI is InChI=1S/C33H40Cl2N2O4/c1-4-7-20-36-33(39)29(21-24-12-9-8-10-13-24)37(23-26-27(34)14-11-15-28(26)35)32(38)19-17-25-16-18-30(40-5-2)31(22-25)41-6-3/h8-16,18,22,29H,4-7,17,19-21,23H2,1-3H3,(H,36,39)/t29-/m1/s1.